The van der Waals surface area contributed by atoms with Crippen molar-refractivity contribution in [1.82, 2.24) is 4.90 Å². The van der Waals surface area contributed by atoms with E-state index in [4.69, 9.17) is 0 Å². The zero-order chi connectivity index (χ0) is 14.7. The molecule has 2 N–H and O–H groups in total. The van der Waals surface area contributed by atoms with Gasteiger partial charge in [0.25, 0.3) is 11.6 Å². The van der Waals surface area contributed by atoms with Crippen molar-refractivity contribution in [2.24, 2.45) is 0 Å². The zero-order valence-corrected chi connectivity index (χ0v) is 11.2. The van der Waals surface area contributed by atoms with Crippen LogP contribution in [0.5, 0.6) is 0 Å². The molecule has 1 aliphatic rings. The fourth-order valence-corrected chi connectivity index (χ4v) is 2.47. The van der Waals surface area contributed by atoms with Gasteiger partial charge in [-0.3, -0.25) is 14.9 Å². The van der Waals surface area contributed by atoms with Gasteiger partial charge >= 0.3 is 0 Å². The highest BCUT2D eigenvalue weighted by atomic mass is 16.6. The van der Waals surface area contributed by atoms with Gasteiger partial charge in [-0.25, -0.2) is 0 Å². The van der Waals surface area contributed by atoms with E-state index in [0.29, 0.717) is 12.2 Å². The number of aliphatic hydroxyl groups excluding tert-OH is 1. The molecule has 1 fully saturated rings. The van der Waals surface area contributed by atoms with Crippen LogP contribution in [0, 0.1) is 10.1 Å². The van der Waals surface area contributed by atoms with E-state index in [0.717, 1.165) is 12.8 Å². The van der Waals surface area contributed by atoms with Gasteiger partial charge < -0.3 is 15.3 Å². The van der Waals surface area contributed by atoms with Crippen LogP contribution in [0.1, 0.15) is 23.2 Å². The third kappa shape index (κ3) is 2.57. The van der Waals surface area contributed by atoms with E-state index in [-0.39, 0.29) is 23.9 Å². The van der Waals surface area contributed by atoms with Gasteiger partial charge in [-0.05, 0) is 25.0 Å². The number of hydrogen-bond acceptors (Lipinski definition) is 5. The lowest BCUT2D eigenvalue weighted by atomic mass is 10.1. The number of anilines is 1. The normalized spacial score (nSPS) is 18.1. The van der Waals surface area contributed by atoms with Crippen LogP contribution in [0.4, 0.5) is 11.4 Å². The third-order valence-electron chi connectivity index (χ3n) is 3.56. The number of nitrogens with one attached hydrogen (secondary N) is 1. The number of likely N-dealkylation sites (tertiary alicyclic amines) is 1. The minimum Gasteiger partial charge on any atom is -0.394 e. The summed E-state index contributed by atoms with van der Waals surface area (Å²) in [5, 5.41) is 23.2. The van der Waals surface area contributed by atoms with Crippen LogP contribution in [0.3, 0.4) is 0 Å². The van der Waals surface area contributed by atoms with Crippen molar-refractivity contribution in [3.05, 3.63) is 33.9 Å². The number of aliphatic hydroxyl groups is 1. The molecule has 1 atom stereocenters. The number of nitro benzene ring substituents is 1. The van der Waals surface area contributed by atoms with E-state index in [9.17, 15) is 20.0 Å². The lowest BCUT2D eigenvalue weighted by Gasteiger charge is -2.23. The van der Waals surface area contributed by atoms with Crippen molar-refractivity contribution < 1.29 is 14.8 Å². The first-order valence-corrected chi connectivity index (χ1v) is 6.46. The van der Waals surface area contributed by atoms with Crippen molar-refractivity contribution in [3.63, 3.8) is 0 Å². The summed E-state index contributed by atoms with van der Waals surface area (Å²) < 4.78 is 0. The number of amides is 1. The first-order valence-electron chi connectivity index (χ1n) is 6.46. The second-order valence-electron chi connectivity index (χ2n) is 4.72. The van der Waals surface area contributed by atoms with Crippen molar-refractivity contribution in [2.45, 2.75) is 18.9 Å². The van der Waals surface area contributed by atoms with Gasteiger partial charge in [0, 0.05) is 25.3 Å². The molecule has 0 aliphatic carbocycles. The van der Waals surface area contributed by atoms with Gasteiger partial charge in [0.15, 0.2) is 0 Å². The smallest absolute Gasteiger partial charge is 0.282 e. The number of hydrogen-bond donors (Lipinski definition) is 2. The second-order valence-corrected chi connectivity index (χ2v) is 4.72. The maximum absolute atomic E-state index is 12.5. The number of rotatable bonds is 4. The molecule has 0 aromatic heterocycles. The Morgan fingerprint density at radius 1 is 1.60 bits per heavy atom. The Bertz CT molecular complexity index is 532. The van der Waals surface area contributed by atoms with Crippen LogP contribution in [0.25, 0.3) is 0 Å². The Kier molecular flexibility index (Phi) is 4.19. The lowest BCUT2D eigenvalue weighted by Crippen LogP contribution is -2.37. The van der Waals surface area contributed by atoms with Gasteiger partial charge in [-0.2, -0.15) is 0 Å². The average Bonchev–Trinajstić information content (AvgIpc) is 2.94. The molecule has 1 aromatic rings. The summed E-state index contributed by atoms with van der Waals surface area (Å²) in [6.07, 6.45) is 1.53. The monoisotopic (exact) mass is 279 g/mol. The van der Waals surface area contributed by atoms with Gasteiger partial charge in [0.1, 0.15) is 5.56 Å². The Balaban J connectivity index is 2.39. The summed E-state index contributed by atoms with van der Waals surface area (Å²) in [5.41, 5.74) is 0.485. The molecule has 7 heteroatoms. The average molecular weight is 279 g/mol. The molecule has 0 saturated carbocycles. The van der Waals surface area contributed by atoms with E-state index in [1.54, 1.807) is 13.1 Å². The summed E-state index contributed by atoms with van der Waals surface area (Å²) >= 11 is 0. The lowest BCUT2D eigenvalue weighted by molar-refractivity contribution is -0.385. The number of carbonyl (C=O) groups excluding carboxylic acids is 1. The van der Waals surface area contributed by atoms with Crippen LogP contribution >= 0.6 is 0 Å². The highest BCUT2D eigenvalue weighted by Gasteiger charge is 2.32. The largest absolute Gasteiger partial charge is 0.394 e. The predicted octanol–water partition coefficient (Wildman–Crippen LogP) is 1.23. The molecule has 0 bridgehead atoms. The van der Waals surface area contributed by atoms with E-state index in [2.05, 4.69) is 5.32 Å². The van der Waals surface area contributed by atoms with Crippen LogP contribution in [-0.4, -0.2) is 47.1 Å². The van der Waals surface area contributed by atoms with Crippen molar-refractivity contribution in [3.8, 4) is 0 Å². The molecular formula is C13H17N3O4. The quantitative estimate of drug-likeness (QED) is 0.638. The number of carbonyl (C=O) groups is 1. The molecule has 1 aromatic carbocycles. The molecule has 0 radical (unpaired) electrons. The van der Waals surface area contributed by atoms with E-state index < -0.39 is 10.8 Å². The molecule has 1 heterocycles. The summed E-state index contributed by atoms with van der Waals surface area (Å²) in [6, 6.07) is 4.11. The summed E-state index contributed by atoms with van der Waals surface area (Å²) in [7, 11) is 1.68. The van der Waals surface area contributed by atoms with Crippen molar-refractivity contribution >= 4 is 17.3 Å². The Labute approximate surface area is 116 Å². The number of benzene rings is 1. The van der Waals surface area contributed by atoms with Crippen LogP contribution in [0.2, 0.25) is 0 Å². The Morgan fingerprint density at radius 3 is 2.95 bits per heavy atom. The maximum atomic E-state index is 12.5. The summed E-state index contributed by atoms with van der Waals surface area (Å²) in [4.78, 5) is 24.5. The Hall–Kier alpha value is -2.15. The topological polar surface area (TPSA) is 95.7 Å². The molecule has 0 spiro atoms. The van der Waals surface area contributed by atoms with Crippen LogP contribution in [-0.2, 0) is 0 Å². The van der Waals surface area contributed by atoms with E-state index in [1.807, 2.05) is 0 Å². The van der Waals surface area contributed by atoms with Crippen molar-refractivity contribution in [2.75, 3.05) is 25.5 Å². The fourth-order valence-electron chi connectivity index (χ4n) is 2.47. The van der Waals surface area contributed by atoms with E-state index >= 15 is 0 Å². The van der Waals surface area contributed by atoms with Gasteiger partial charge in [0.2, 0.25) is 0 Å². The first-order chi connectivity index (χ1) is 9.58. The highest BCUT2D eigenvalue weighted by molar-refractivity contribution is 5.99. The minimum absolute atomic E-state index is 0.0576. The molecule has 1 saturated heterocycles. The summed E-state index contributed by atoms with van der Waals surface area (Å²) in [5.74, 6) is -0.398. The number of nitrogens with zero attached hydrogens (tertiary/aromatic N) is 2. The molecule has 7 nitrogen and oxygen atoms in total. The standard InChI is InChI=1S/C13H17N3O4/c1-14-9-4-5-12(16(19)20)11(7-9)13(18)15-6-2-3-10(15)8-17/h4-5,7,10,14,17H,2-3,6,8H2,1H3. The van der Waals surface area contributed by atoms with Gasteiger partial charge in [-0.15, -0.1) is 0 Å². The van der Waals surface area contributed by atoms with Gasteiger partial charge in [0.05, 0.1) is 17.6 Å². The second kappa shape index (κ2) is 5.87. The van der Waals surface area contributed by atoms with Crippen LogP contribution < -0.4 is 5.32 Å². The minimum atomic E-state index is -0.559. The number of nitro groups is 1. The van der Waals surface area contributed by atoms with Crippen molar-refractivity contribution in [1.29, 1.82) is 0 Å². The predicted molar refractivity (Wildman–Crippen MR) is 73.8 cm³/mol. The first kappa shape index (κ1) is 14.3. The molecular weight excluding hydrogens is 262 g/mol. The molecule has 2 rings (SSSR count). The molecule has 1 amide bonds. The van der Waals surface area contributed by atoms with Crippen LogP contribution in [0.15, 0.2) is 18.2 Å². The van der Waals surface area contributed by atoms with E-state index in [1.165, 1.54) is 17.0 Å². The molecule has 108 valence electrons. The maximum Gasteiger partial charge on any atom is 0.282 e. The Morgan fingerprint density at radius 2 is 2.35 bits per heavy atom. The highest BCUT2D eigenvalue weighted by Crippen LogP contribution is 2.27. The molecule has 1 unspecified atom stereocenters. The summed E-state index contributed by atoms with van der Waals surface area (Å²) in [6.45, 7) is 0.399. The molecule has 20 heavy (non-hydrogen) atoms. The van der Waals surface area contributed by atoms with Gasteiger partial charge in [-0.1, -0.05) is 0 Å². The molecule has 1 aliphatic heterocycles. The fraction of sp³-hybridized carbons (Fsp3) is 0.462. The third-order valence-corrected chi connectivity index (χ3v) is 3.56. The SMILES string of the molecule is CNc1ccc([N+](=O)[O-])c(C(=O)N2CCCC2CO)c1. The zero-order valence-electron chi connectivity index (χ0n) is 11.2.